The molecule has 4 nitrogen and oxygen atoms in total. The van der Waals surface area contributed by atoms with E-state index in [0.29, 0.717) is 5.82 Å². The smallest absolute Gasteiger partial charge is 0.257 e. The summed E-state index contributed by atoms with van der Waals surface area (Å²) in [6, 6.07) is 7.05. The molecule has 0 bridgehead atoms. The SMILES string of the molecule is O=c1cc(O)nc(-c2c(Br)cccc2Br)n1C1CCCCC1. The van der Waals surface area contributed by atoms with Crippen molar-refractivity contribution < 1.29 is 5.11 Å². The van der Waals surface area contributed by atoms with E-state index >= 15 is 0 Å². The van der Waals surface area contributed by atoms with Crippen LogP contribution in [0.5, 0.6) is 5.88 Å². The Balaban J connectivity index is 2.24. The highest BCUT2D eigenvalue weighted by Crippen LogP contribution is 2.37. The quantitative estimate of drug-likeness (QED) is 0.758. The topological polar surface area (TPSA) is 55.1 Å². The van der Waals surface area contributed by atoms with Gasteiger partial charge < -0.3 is 5.11 Å². The van der Waals surface area contributed by atoms with Crippen molar-refractivity contribution in [2.24, 2.45) is 0 Å². The summed E-state index contributed by atoms with van der Waals surface area (Å²) in [7, 11) is 0. The number of aromatic nitrogens is 2. The van der Waals surface area contributed by atoms with E-state index in [2.05, 4.69) is 36.8 Å². The highest BCUT2D eigenvalue weighted by atomic mass is 79.9. The number of nitrogens with zero attached hydrogens (tertiary/aromatic N) is 2. The van der Waals surface area contributed by atoms with Crippen LogP contribution >= 0.6 is 31.9 Å². The molecular formula is C16H16Br2N2O2. The predicted molar refractivity (Wildman–Crippen MR) is 93.1 cm³/mol. The fourth-order valence-electron chi connectivity index (χ4n) is 3.06. The van der Waals surface area contributed by atoms with Crippen molar-refractivity contribution in [2.75, 3.05) is 0 Å². The number of halogens is 2. The van der Waals surface area contributed by atoms with Crippen molar-refractivity contribution in [1.29, 1.82) is 0 Å². The van der Waals surface area contributed by atoms with Crippen molar-refractivity contribution in [3.05, 3.63) is 43.6 Å². The van der Waals surface area contributed by atoms with Crippen molar-refractivity contribution in [1.82, 2.24) is 9.55 Å². The number of benzene rings is 1. The molecule has 1 heterocycles. The summed E-state index contributed by atoms with van der Waals surface area (Å²) in [5.74, 6) is 0.269. The zero-order valence-electron chi connectivity index (χ0n) is 11.9. The molecule has 0 aliphatic heterocycles. The molecule has 1 saturated carbocycles. The zero-order chi connectivity index (χ0) is 15.7. The van der Waals surface area contributed by atoms with Crippen LogP contribution in [0.25, 0.3) is 11.4 Å². The summed E-state index contributed by atoms with van der Waals surface area (Å²) >= 11 is 7.05. The fourth-order valence-corrected chi connectivity index (χ4v) is 4.41. The molecule has 1 fully saturated rings. The minimum absolute atomic E-state index is 0.142. The van der Waals surface area contributed by atoms with Gasteiger partial charge in [0, 0.05) is 20.6 Å². The second-order valence-corrected chi connectivity index (χ2v) is 7.24. The highest BCUT2D eigenvalue weighted by molar-refractivity contribution is 9.11. The first-order chi connectivity index (χ1) is 10.6. The van der Waals surface area contributed by atoms with Crippen LogP contribution in [0.2, 0.25) is 0 Å². The van der Waals surface area contributed by atoms with Gasteiger partial charge >= 0.3 is 0 Å². The van der Waals surface area contributed by atoms with Gasteiger partial charge in [0.25, 0.3) is 5.56 Å². The van der Waals surface area contributed by atoms with Crippen LogP contribution in [0.4, 0.5) is 0 Å². The number of hydrogen-bond donors (Lipinski definition) is 1. The lowest BCUT2D eigenvalue weighted by Gasteiger charge is -2.26. The van der Waals surface area contributed by atoms with E-state index in [0.717, 1.165) is 40.2 Å². The normalized spacial score (nSPS) is 15.9. The van der Waals surface area contributed by atoms with Crippen LogP contribution in [0.3, 0.4) is 0 Å². The van der Waals surface area contributed by atoms with E-state index in [1.807, 2.05) is 18.2 Å². The van der Waals surface area contributed by atoms with Crippen molar-refractivity contribution in [3.8, 4) is 17.3 Å². The van der Waals surface area contributed by atoms with Gasteiger partial charge in [0.2, 0.25) is 5.88 Å². The Morgan fingerprint density at radius 3 is 2.41 bits per heavy atom. The average Bonchev–Trinajstić information content (AvgIpc) is 2.47. The van der Waals surface area contributed by atoms with Crippen LogP contribution in [0.15, 0.2) is 38.0 Å². The van der Waals surface area contributed by atoms with Crippen LogP contribution < -0.4 is 5.56 Å². The van der Waals surface area contributed by atoms with Crippen molar-refractivity contribution in [3.63, 3.8) is 0 Å². The Morgan fingerprint density at radius 2 is 1.77 bits per heavy atom. The Morgan fingerprint density at radius 1 is 1.14 bits per heavy atom. The van der Waals surface area contributed by atoms with Gasteiger partial charge in [-0.15, -0.1) is 0 Å². The minimum Gasteiger partial charge on any atom is -0.493 e. The lowest BCUT2D eigenvalue weighted by atomic mass is 9.95. The Kier molecular flexibility index (Phi) is 4.68. The summed E-state index contributed by atoms with van der Waals surface area (Å²) in [5.41, 5.74) is 0.595. The molecule has 1 aliphatic rings. The minimum atomic E-state index is -0.241. The Hall–Kier alpha value is -1.14. The molecule has 0 atom stereocenters. The molecule has 2 aromatic rings. The maximum absolute atomic E-state index is 12.5. The first kappa shape index (κ1) is 15.7. The molecule has 1 aromatic heterocycles. The molecule has 1 N–H and O–H groups in total. The largest absolute Gasteiger partial charge is 0.493 e. The molecule has 0 radical (unpaired) electrons. The van der Waals surface area contributed by atoms with E-state index in [4.69, 9.17) is 0 Å². The molecule has 116 valence electrons. The maximum Gasteiger partial charge on any atom is 0.257 e. The van der Waals surface area contributed by atoms with Gasteiger partial charge in [0.1, 0.15) is 5.82 Å². The number of rotatable bonds is 2. The van der Waals surface area contributed by atoms with Gasteiger partial charge in [-0.2, -0.15) is 4.98 Å². The van der Waals surface area contributed by atoms with Gasteiger partial charge in [0.05, 0.1) is 6.07 Å². The Labute approximate surface area is 145 Å². The average molecular weight is 428 g/mol. The van der Waals surface area contributed by atoms with Gasteiger partial charge in [-0.05, 0) is 56.8 Å². The highest BCUT2D eigenvalue weighted by Gasteiger charge is 2.23. The molecule has 1 aliphatic carbocycles. The summed E-state index contributed by atoms with van der Waals surface area (Å²) in [5, 5.41) is 9.80. The van der Waals surface area contributed by atoms with Gasteiger partial charge in [-0.1, -0.05) is 25.3 Å². The maximum atomic E-state index is 12.5. The summed E-state index contributed by atoms with van der Waals surface area (Å²) in [4.78, 5) is 16.7. The van der Waals surface area contributed by atoms with E-state index in [9.17, 15) is 9.90 Å². The van der Waals surface area contributed by atoms with Crippen LogP contribution in [-0.2, 0) is 0 Å². The molecule has 22 heavy (non-hydrogen) atoms. The zero-order valence-corrected chi connectivity index (χ0v) is 15.1. The third kappa shape index (κ3) is 2.99. The molecule has 6 heteroatoms. The van der Waals surface area contributed by atoms with Gasteiger partial charge in [-0.3, -0.25) is 9.36 Å². The van der Waals surface area contributed by atoms with Crippen LogP contribution in [-0.4, -0.2) is 14.7 Å². The first-order valence-electron chi connectivity index (χ1n) is 7.35. The standard InChI is InChI=1S/C16H16Br2N2O2/c17-11-7-4-8-12(18)15(11)16-19-13(21)9-14(22)20(16)10-5-2-1-3-6-10/h4,7-10,21H,1-3,5-6H2. The number of hydrogen-bond acceptors (Lipinski definition) is 3. The lowest BCUT2D eigenvalue weighted by molar-refractivity contribution is 0.342. The van der Waals surface area contributed by atoms with Gasteiger partial charge in [0.15, 0.2) is 0 Å². The molecule has 1 aromatic carbocycles. The monoisotopic (exact) mass is 426 g/mol. The van der Waals surface area contributed by atoms with E-state index < -0.39 is 0 Å². The third-order valence-electron chi connectivity index (χ3n) is 4.06. The summed E-state index contributed by atoms with van der Waals surface area (Å²) in [6.45, 7) is 0. The molecule has 0 unspecified atom stereocenters. The summed E-state index contributed by atoms with van der Waals surface area (Å²) in [6.07, 6.45) is 5.40. The molecule has 0 amide bonds. The Bertz CT molecular complexity index is 732. The predicted octanol–water partition coefficient (Wildman–Crippen LogP) is 4.65. The van der Waals surface area contributed by atoms with E-state index in [1.54, 1.807) is 4.57 Å². The summed E-state index contributed by atoms with van der Waals surface area (Å²) < 4.78 is 3.41. The van der Waals surface area contributed by atoms with Crippen molar-refractivity contribution in [2.45, 2.75) is 38.1 Å². The molecule has 3 rings (SSSR count). The lowest BCUT2D eigenvalue weighted by Crippen LogP contribution is -2.28. The second-order valence-electron chi connectivity index (χ2n) is 5.53. The fraction of sp³-hybridized carbons (Fsp3) is 0.375. The second kappa shape index (κ2) is 6.54. The van der Waals surface area contributed by atoms with E-state index in [-0.39, 0.29) is 17.5 Å². The van der Waals surface area contributed by atoms with Gasteiger partial charge in [-0.25, -0.2) is 0 Å². The first-order valence-corrected chi connectivity index (χ1v) is 8.93. The van der Waals surface area contributed by atoms with E-state index in [1.165, 1.54) is 12.5 Å². The van der Waals surface area contributed by atoms with Crippen LogP contribution in [0.1, 0.15) is 38.1 Å². The molecular weight excluding hydrogens is 412 g/mol. The third-order valence-corrected chi connectivity index (χ3v) is 5.39. The molecule has 0 saturated heterocycles. The van der Waals surface area contributed by atoms with Crippen molar-refractivity contribution >= 4 is 31.9 Å². The molecule has 0 spiro atoms. The number of aromatic hydroxyl groups is 1. The van der Waals surface area contributed by atoms with Crippen LogP contribution in [0, 0.1) is 0 Å².